The summed E-state index contributed by atoms with van der Waals surface area (Å²) in [6.07, 6.45) is -6.24. The number of carboxylic acid groups (broad SMARTS) is 1. The van der Waals surface area contributed by atoms with Gasteiger partial charge in [-0.3, -0.25) is 4.79 Å². The summed E-state index contributed by atoms with van der Waals surface area (Å²) in [5.41, 5.74) is 0. The van der Waals surface area contributed by atoms with E-state index in [1.165, 1.54) is 0 Å². The summed E-state index contributed by atoms with van der Waals surface area (Å²) < 4.78 is 36.7. The highest BCUT2D eigenvalue weighted by molar-refractivity contribution is 5.82. The number of halogens is 3. The van der Waals surface area contributed by atoms with Crippen LogP contribution in [0.15, 0.2) is 0 Å². The van der Waals surface area contributed by atoms with Crippen molar-refractivity contribution in [1.29, 1.82) is 0 Å². The molecule has 9 heteroatoms. The van der Waals surface area contributed by atoms with Crippen LogP contribution in [0.2, 0.25) is 0 Å². The fourth-order valence-electron chi connectivity index (χ4n) is 1.87. The minimum atomic E-state index is -4.96. The highest BCUT2D eigenvalue weighted by atomic mass is 19.4. The van der Waals surface area contributed by atoms with E-state index in [0.29, 0.717) is 4.90 Å². The molecule has 0 spiro atoms. The van der Waals surface area contributed by atoms with Crippen LogP contribution in [0.5, 0.6) is 0 Å². The van der Waals surface area contributed by atoms with Crippen molar-refractivity contribution in [1.82, 2.24) is 9.80 Å². The van der Waals surface area contributed by atoms with Gasteiger partial charge in [0.1, 0.15) is 0 Å². The molecule has 2 N–H and O–H groups in total. The van der Waals surface area contributed by atoms with Crippen LogP contribution in [0.3, 0.4) is 0 Å². The molecule has 0 aromatic heterocycles. The Morgan fingerprint density at radius 2 is 1.89 bits per heavy atom. The third kappa shape index (κ3) is 3.25. The van der Waals surface area contributed by atoms with Gasteiger partial charge in [0.2, 0.25) is 0 Å². The Balaban J connectivity index is 2.74. The zero-order valence-corrected chi connectivity index (χ0v) is 9.35. The van der Waals surface area contributed by atoms with Gasteiger partial charge in [-0.1, -0.05) is 0 Å². The van der Waals surface area contributed by atoms with E-state index in [2.05, 4.69) is 0 Å². The monoisotopic (exact) mass is 270 g/mol. The molecule has 1 aliphatic rings. The van der Waals surface area contributed by atoms with Gasteiger partial charge in [-0.2, -0.15) is 13.2 Å². The van der Waals surface area contributed by atoms with E-state index in [9.17, 15) is 22.8 Å². The topological polar surface area (TPSA) is 81.1 Å². The van der Waals surface area contributed by atoms with Crippen LogP contribution in [0.1, 0.15) is 6.42 Å². The van der Waals surface area contributed by atoms with Crippen LogP contribution < -0.4 is 0 Å². The van der Waals surface area contributed by atoms with Crippen molar-refractivity contribution in [3.63, 3.8) is 0 Å². The van der Waals surface area contributed by atoms with Gasteiger partial charge in [-0.05, 0) is 6.42 Å². The van der Waals surface area contributed by atoms with Gasteiger partial charge in [-0.15, -0.1) is 0 Å². The number of aliphatic hydroxyl groups is 1. The van der Waals surface area contributed by atoms with Crippen LogP contribution in [-0.2, 0) is 4.79 Å². The number of rotatable bonds is 2. The Kier molecular flexibility index (Phi) is 4.38. The van der Waals surface area contributed by atoms with E-state index in [0.717, 1.165) is 4.90 Å². The van der Waals surface area contributed by atoms with E-state index in [-0.39, 0.29) is 32.7 Å². The molecule has 0 aromatic carbocycles. The lowest BCUT2D eigenvalue weighted by molar-refractivity contribution is -0.187. The first-order valence-corrected chi connectivity index (χ1v) is 5.24. The number of nitrogens with zero attached hydrogens (tertiary/aromatic N) is 2. The standard InChI is InChI=1S/C9H13F3N2O4/c10-9(11,12)7(16)13-2-3-14(8(17)18)6(5-13)1-4-15/h6,15H,1-5H2,(H,17,18). The smallest absolute Gasteiger partial charge is 0.465 e. The Morgan fingerprint density at radius 1 is 1.28 bits per heavy atom. The van der Waals surface area contributed by atoms with Crippen molar-refractivity contribution in [2.45, 2.75) is 18.6 Å². The molecule has 1 atom stereocenters. The number of hydrogen-bond donors (Lipinski definition) is 2. The second kappa shape index (κ2) is 5.42. The lowest BCUT2D eigenvalue weighted by Gasteiger charge is -2.39. The van der Waals surface area contributed by atoms with Crippen molar-refractivity contribution in [3.05, 3.63) is 0 Å². The second-order valence-corrected chi connectivity index (χ2v) is 3.89. The molecular weight excluding hydrogens is 257 g/mol. The highest BCUT2D eigenvalue weighted by Gasteiger charge is 2.45. The summed E-state index contributed by atoms with van der Waals surface area (Å²) in [5.74, 6) is -1.98. The Hall–Kier alpha value is -1.51. The van der Waals surface area contributed by atoms with Gasteiger partial charge in [0.05, 0.1) is 6.04 Å². The maximum Gasteiger partial charge on any atom is 0.471 e. The molecule has 18 heavy (non-hydrogen) atoms. The molecule has 0 bridgehead atoms. The van der Waals surface area contributed by atoms with E-state index in [4.69, 9.17) is 10.2 Å². The van der Waals surface area contributed by atoms with Crippen molar-refractivity contribution in [2.24, 2.45) is 0 Å². The first-order chi connectivity index (χ1) is 8.27. The van der Waals surface area contributed by atoms with Crippen LogP contribution >= 0.6 is 0 Å². The first kappa shape index (κ1) is 14.6. The van der Waals surface area contributed by atoms with E-state index in [1.54, 1.807) is 0 Å². The molecule has 1 fully saturated rings. The number of piperazine rings is 1. The highest BCUT2D eigenvalue weighted by Crippen LogP contribution is 2.22. The van der Waals surface area contributed by atoms with Crippen LogP contribution in [0.4, 0.5) is 18.0 Å². The fourth-order valence-corrected chi connectivity index (χ4v) is 1.87. The molecule has 2 amide bonds. The Labute approximate surface area is 101 Å². The van der Waals surface area contributed by atoms with E-state index < -0.39 is 24.2 Å². The molecule has 1 saturated heterocycles. The van der Waals surface area contributed by atoms with Gasteiger partial charge in [-0.25, -0.2) is 4.79 Å². The number of hydrogen-bond acceptors (Lipinski definition) is 3. The van der Waals surface area contributed by atoms with E-state index in [1.807, 2.05) is 0 Å². The summed E-state index contributed by atoms with van der Waals surface area (Å²) in [6.45, 7) is -1.21. The molecule has 1 rings (SSSR count). The normalized spacial score (nSPS) is 21.0. The minimum Gasteiger partial charge on any atom is -0.465 e. The lowest BCUT2D eigenvalue weighted by Crippen LogP contribution is -2.58. The third-order valence-corrected chi connectivity index (χ3v) is 2.72. The van der Waals surface area contributed by atoms with Crippen LogP contribution in [0.25, 0.3) is 0 Å². The number of amides is 2. The molecule has 0 radical (unpaired) electrons. The molecule has 0 saturated carbocycles. The summed E-state index contributed by atoms with van der Waals surface area (Å²) in [6, 6.07) is -0.812. The molecule has 0 aromatic rings. The van der Waals surface area contributed by atoms with Gasteiger partial charge < -0.3 is 20.0 Å². The molecule has 104 valence electrons. The number of aliphatic hydroxyl groups excluding tert-OH is 1. The van der Waals surface area contributed by atoms with Crippen LogP contribution in [-0.4, -0.2) is 70.5 Å². The maximum atomic E-state index is 12.2. The van der Waals surface area contributed by atoms with Crippen LogP contribution in [0, 0.1) is 0 Å². The summed E-state index contributed by atoms with van der Waals surface area (Å²) in [5, 5.41) is 17.6. The number of carbonyl (C=O) groups excluding carboxylic acids is 1. The minimum absolute atomic E-state index is 0.00601. The van der Waals surface area contributed by atoms with Gasteiger partial charge >= 0.3 is 18.2 Å². The van der Waals surface area contributed by atoms with Crippen molar-refractivity contribution in [3.8, 4) is 0 Å². The van der Waals surface area contributed by atoms with Gasteiger partial charge in [0, 0.05) is 26.2 Å². The fraction of sp³-hybridized carbons (Fsp3) is 0.778. The Morgan fingerprint density at radius 3 is 2.33 bits per heavy atom. The zero-order chi connectivity index (χ0) is 13.9. The molecule has 1 heterocycles. The lowest BCUT2D eigenvalue weighted by atomic mass is 10.1. The van der Waals surface area contributed by atoms with Crippen molar-refractivity contribution < 1.29 is 33.0 Å². The number of carbonyl (C=O) groups is 2. The third-order valence-electron chi connectivity index (χ3n) is 2.72. The predicted molar refractivity (Wildman–Crippen MR) is 52.9 cm³/mol. The Bertz CT molecular complexity index is 334. The summed E-state index contributed by atoms with van der Waals surface area (Å²) in [4.78, 5) is 23.4. The van der Waals surface area contributed by atoms with Gasteiger partial charge in [0.15, 0.2) is 0 Å². The summed E-state index contributed by atoms with van der Waals surface area (Å²) >= 11 is 0. The summed E-state index contributed by atoms with van der Waals surface area (Å²) in [7, 11) is 0. The first-order valence-electron chi connectivity index (χ1n) is 5.24. The zero-order valence-electron chi connectivity index (χ0n) is 9.35. The SMILES string of the molecule is O=C(O)N1CCN(C(=O)C(F)(F)F)CC1CCO. The molecule has 0 aliphatic carbocycles. The van der Waals surface area contributed by atoms with E-state index >= 15 is 0 Å². The number of alkyl halides is 3. The molecule has 6 nitrogen and oxygen atoms in total. The molecular formula is C9H13F3N2O4. The van der Waals surface area contributed by atoms with Gasteiger partial charge in [0.25, 0.3) is 0 Å². The second-order valence-electron chi connectivity index (χ2n) is 3.89. The molecule has 1 aliphatic heterocycles. The maximum absolute atomic E-state index is 12.2. The average molecular weight is 270 g/mol. The largest absolute Gasteiger partial charge is 0.471 e. The predicted octanol–water partition coefficient (Wildman–Crippen LogP) is 0.122. The average Bonchev–Trinajstić information content (AvgIpc) is 2.26. The van der Waals surface area contributed by atoms with Crippen molar-refractivity contribution >= 4 is 12.0 Å². The molecule has 1 unspecified atom stereocenters. The van der Waals surface area contributed by atoms with Crippen molar-refractivity contribution in [2.75, 3.05) is 26.2 Å². The quantitative estimate of drug-likeness (QED) is 0.747.